The molecule has 0 aliphatic carbocycles. The Kier molecular flexibility index (Phi) is 2.74. The first-order valence-corrected chi connectivity index (χ1v) is 6.80. The van der Waals surface area contributed by atoms with E-state index in [1.54, 1.807) is 0 Å². The summed E-state index contributed by atoms with van der Waals surface area (Å²) < 4.78 is 0. The van der Waals surface area contributed by atoms with Gasteiger partial charge in [0.2, 0.25) is 0 Å². The monoisotopic (exact) mass is 252 g/mol. The number of nitrogens with zero attached hydrogens (tertiary/aromatic N) is 2. The number of hydrogen-bond donors (Lipinski definition) is 0. The first-order valence-electron chi connectivity index (χ1n) is 6.80. The third kappa shape index (κ3) is 1.79. The zero-order valence-corrected chi connectivity index (χ0v) is 12.0. The van der Waals surface area contributed by atoms with Gasteiger partial charge >= 0.3 is 0 Å². The average Bonchev–Trinajstić information content (AvgIpc) is 2.44. The normalized spacial score (nSPS) is 13.5. The molecule has 0 amide bonds. The predicted molar refractivity (Wildman–Crippen MR) is 83.1 cm³/mol. The van der Waals surface area contributed by atoms with Crippen molar-refractivity contribution in [2.45, 2.75) is 19.8 Å². The second kappa shape index (κ2) is 4.30. The van der Waals surface area contributed by atoms with Crippen LogP contribution in [0, 0.1) is 0 Å². The highest BCUT2D eigenvalue weighted by Gasteiger charge is 2.23. The Labute approximate surface area is 115 Å². The summed E-state index contributed by atoms with van der Waals surface area (Å²) in [6.07, 6.45) is 0. The number of para-hydroxylation sites is 2. The molecule has 19 heavy (non-hydrogen) atoms. The van der Waals surface area contributed by atoms with E-state index in [0.29, 0.717) is 5.92 Å². The van der Waals surface area contributed by atoms with Gasteiger partial charge in [-0.15, -0.1) is 0 Å². The second-order valence-electron chi connectivity index (χ2n) is 5.51. The van der Waals surface area contributed by atoms with Crippen LogP contribution < -0.4 is 9.80 Å². The van der Waals surface area contributed by atoms with E-state index in [2.05, 4.69) is 80.2 Å². The molecule has 2 heteroatoms. The smallest absolute Gasteiger partial charge is 0.0652 e. The van der Waals surface area contributed by atoms with E-state index in [1.807, 2.05) is 0 Å². The SMILES string of the molecule is CC(C)c1ccc2c(c1)N(C)c1ccccc1N2C. The van der Waals surface area contributed by atoms with Gasteiger partial charge < -0.3 is 9.80 Å². The van der Waals surface area contributed by atoms with Crippen molar-refractivity contribution < 1.29 is 0 Å². The van der Waals surface area contributed by atoms with Gasteiger partial charge in [-0.1, -0.05) is 32.0 Å². The molecule has 0 bridgehead atoms. The predicted octanol–water partition coefficient (Wildman–Crippen LogP) is 4.66. The fourth-order valence-electron chi connectivity index (χ4n) is 2.74. The van der Waals surface area contributed by atoms with Crippen molar-refractivity contribution in [1.29, 1.82) is 0 Å². The lowest BCUT2D eigenvalue weighted by molar-refractivity contribution is 0.865. The van der Waals surface area contributed by atoms with Crippen LogP contribution in [0.4, 0.5) is 22.7 Å². The average molecular weight is 252 g/mol. The lowest BCUT2D eigenvalue weighted by atomic mass is 9.99. The largest absolute Gasteiger partial charge is 0.341 e. The fraction of sp³-hybridized carbons (Fsp3) is 0.294. The third-order valence-electron chi connectivity index (χ3n) is 3.99. The Bertz CT molecular complexity index is 616. The van der Waals surface area contributed by atoms with Crippen molar-refractivity contribution in [3.63, 3.8) is 0 Å². The van der Waals surface area contributed by atoms with E-state index < -0.39 is 0 Å². The Balaban J connectivity index is 2.18. The molecule has 2 aromatic rings. The molecule has 0 N–H and O–H groups in total. The molecule has 0 aromatic heterocycles. The first kappa shape index (κ1) is 12.1. The molecule has 0 fully saturated rings. The maximum Gasteiger partial charge on any atom is 0.0652 e. The summed E-state index contributed by atoms with van der Waals surface area (Å²) in [7, 11) is 4.29. The molecule has 0 radical (unpaired) electrons. The van der Waals surface area contributed by atoms with Crippen molar-refractivity contribution in [1.82, 2.24) is 0 Å². The number of fused-ring (bicyclic) bond motifs is 2. The standard InChI is InChI=1S/C17H20N2/c1-12(2)13-9-10-16-17(11-13)19(4)15-8-6-5-7-14(15)18(16)3/h5-12H,1-4H3. The van der Waals surface area contributed by atoms with E-state index in [9.17, 15) is 0 Å². The molecule has 0 unspecified atom stereocenters. The third-order valence-corrected chi connectivity index (χ3v) is 3.99. The van der Waals surface area contributed by atoms with Crippen LogP contribution in [-0.2, 0) is 0 Å². The van der Waals surface area contributed by atoms with Gasteiger partial charge in [-0.2, -0.15) is 0 Å². The summed E-state index contributed by atoms with van der Waals surface area (Å²) in [5, 5.41) is 0. The molecule has 1 aliphatic heterocycles. The van der Waals surface area contributed by atoms with Gasteiger partial charge in [0.15, 0.2) is 0 Å². The molecule has 0 spiro atoms. The Morgan fingerprint density at radius 1 is 0.737 bits per heavy atom. The maximum absolute atomic E-state index is 2.31. The van der Waals surface area contributed by atoms with Gasteiger partial charge in [0.25, 0.3) is 0 Å². The summed E-state index contributed by atoms with van der Waals surface area (Å²) in [6.45, 7) is 4.48. The van der Waals surface area contributed by atoms with Gasteiger partial charge in [0.1, 0.15) is 0 Å². The van der Waals surface area contributed by atoms with Crippen LogP contribution in [0.15, 0.2) is 42.5 Å². The summed E-state index contributed by atoms with van der Waals surface area (Å²) >= 11 is 0. The second-order valence-corrected chi connectivity index (χ2v) is 5.51. The van der Waals surface area contributed by atoms with Crippen molar-refractivity contribution in [2.24, 2.45) is 0 Å². The summed E-state index contributed by atoms with van der Waals surface area (Å²) in [5.41, 5.74) is 6.46. The van der Waals surface area contributed by atoms with Gasteiger partial charge in [0.05, 0.1) is 22.7 Å². The van der Waals surface area contributed by atoms with E-state index in [4.69, 9.17) is 0 Å². The van der Waals surface area contributed by atoms with Gasteiger partial charge in [-0.25, -0.2) is 0 Å². The van der Waals surface area contributed by atoms with E-state index in [-0.39, 0.29) is 0 Å². The van der Waals surface area contributed by atoms with Crippen LogP contribution in [0.2, 0.25) is 0 Å². The van der Waals surface area contributed by atoms with Crippen molar-refractivity contribution >= 4 is 22.7 Å². The maximum atomic E-state index is 2.31. The quantitative estimate of drug-likeness (QED) is 0.728. The van der Waals surface area contributed by atoms with E-state index in [0.717, 1.165) is 0 Å². The van der Waals surface area contributed by atoms with Gasteiger partial charge in [-0.05, 0) is 35.7 Å². The highest BCUT2D eigenvalue weighted by molar-refractivity contribution is 5.92. The Hall–Kier alpha value is -1.96. The van der Waals surface area contributed by atoms with Crippen LogP contribution >= 0.6 is 0 Å². The minimum atomic E-state index is 0.557. The molecule has 0 saturated heterocycles. The zero-order valence-electron chi connectivity index (χ0n) is 12.0. The van der Waals surface area contributed by atoms with Gasteiger partial charge in [-0.3, -0.25) is 0 Å². The molecular weight excluding hydrogens is 232 g/mol. The lowest BCUT2D eigenvalue weighted by Gasteiger charge is -2.37. The van der Waals surface area contributed by atoms with Crippen LogP contribution in [0.25, 0.3) is 0 Å². The Morgan fingerprint density at radius 2 is 1.26 bits per heavy atom. The minimum absolute atomic E-state index is 0.557. The van der Waals surface area contributed by atoms with Crippen LogP contribution in [0.1, 0.15) is 25.3 Å². The molecule has 1 aliphatic rings. The van der Waals surface area contributed by atoms with Crippen LogP contribution in [0.5, 0.6) is 0 Å². The van der Waals surface area contributed by atoms with E-state index in [1.165, 1.54) is 28.3 Å². The molecular formula is C17H20N2. The molecule has 2 nitrogen and oxygen atoms in total. The zero-order chi connectivity index (χ0) is 13.6. The van der Waals surface area contributed by atoms with Crippen LogP contribution in [-0.4, -0.2) is 14.1 Å². The topological polar surface area (TPSA) is 6.48 Å². The molecule has 3 rings (SSSR count). The summed E-state index contributed by atoms with van der Waals surface area (Å²) in [5.74, 6) is 0.557. The van der Waals surface area contributed by atoms with Crippen molar-refractivity contribution in [3.8, 4) is 0 Å². The summed E-state index contributed by atoms with van der Waals surface area (Å²) in [4.78, 5) is 4.56. The number of benzene rings is 2. The summed E-state index contributed by atoms with van der Waals surface area (Å²) in [6, 6.07) is 15.3. The number of rotatable bonds is 1. The number of anilines is 4. The molecule has 1 heterocycles. The lowest BCUT2D eigenvalue weighted by Crippen LogP contribution is -2.24. The first-order chi connectivity index (χ1) is 9.09. The fourth-order valence-corrected chi connectivity index (χ4v) is 2.74. The molecule has 98 valence electrons. The molecule has 2 aromatic carbocycles. The van der Waals surface area contributed by atoms with Gasteiger partial charge in [0, 0.05) is 14.1 Å². The minimum Gasteiger partial charge on any atom is -0.341 e. The van der Waals surface area contributed by atoms with Crippen molar-refractivity contribution in [3.05, 3.63) is 48.0 Å². The highest BCUT2D eigenvalue weighted by atomic mass is 15.2. The molecule has 0 atom stereocenters. The van der Waals surface area contributed by atoms with Crippen molar-refractivity contribution in [2.75, 3.05) is 23.9 Å². The number of hydrogen-bond acceptors (Lipinski definition) is 2. The molecule has 0 saturated carbocycles. The highest BCUT2D eigenvalue weighted by Crippen LogP contribution is 2.46. The Morgan fingerprint density at radius 3 is 1.84 bits per heavy atom. The van der Waals surface area contributed by atoms with E-state index >= 15 is 0 Å². The van der Waals surface area contributed by atoms with Crippen LogP contribution in [0.3, 0.4) is 0 Å².